The molecule has 1 aliphatic heterocycles. The van der Waals surface area contributed by atoms with Gasteiger partial charge in [-0.25, -0.2) is 0 Å². The predicted molar refractivity (Wildman–Crippen MR) is 85.5 cm³/mol. The van der Waals surface area contributed by atoms with Gasteiger partial charge in [-0.15, -0.1) is 0 Å². The van der Waals surface area contributed by atoms with Crippen molar-refractivity contribution in [3.63, 3.8) is 0 Å². The van der Waals surface area contributed by atoms with E-state index in [1.807, 2.05) is 19.1 Å². The zero-order valence-corrected chi connectivity index (χ0v) is 14.2. The van der Waals surface area contributed by atoms with E-state index in [0.717, 1.165) is 5.56 Å². The summed E-state index contributed by atoms with van der Waals surface area (Å²) >= 11 is 0. The first kappa shape index (κ1) is 18.3. The van der Waals surface area contributed by atoms with Gasteiger partial charge in [0.15, 0.2) is 6.10 Å². The number of nitrogens with zero attached hydrogens (tertiary/aromatic N) is 1. The fourth-order valence-electron chi connectivity index (χ4n) is 3.50. The third kappa shape index (κ3) is 3.72. The number of aliphatic hydroxyl groups excluding tert-OH is 1. The van der Waals surface area contributed by atoms with Gasteiger partial charge >= 0.3 is 6.18 Å². The van der Waals surface area contributed by atoms with Crippen molar-refractivity contribution in [1.82, 2.24) is 4.90 Å². The first-order chi connectivity index (χ1) is 10.5. The molecule has 0 aromatic heterocycles. The summed E-state index contributed by atoms with van der Waals surface area (Å²) < 4.78 is 39.9. The number of hydrogen-bond acceptors (Lipinski definition) is 2. The molecule has 0 amide bonds. The highest BCUT2D eigenvalue weighted by molar-refractivity contribution is 5.31. The van der Waals surface area contributed by atoms with Crippen molar-refractivity contribution < 1.29 is 18.3 Å². The number of alkyl halides is 3. The monoisotopic (exact) mass is 329 g/mol. The molecule has 1 aliphatic rings. The Kier molecular flexibility index (Phi) is 4.84. The van der Waals surface area contributed by atoms with Crippen molar-refractivity contribution in [3.8, 4) is 0 Å². The molecule has 1 aromatic rings. The summed E-state index contributed by atoms with van der Waals surface area (Å²) in [7, 11) is 0. The Labute approximate surface area is 136 Å². The van der Waals surface area contributed by atoms with Crippen LogP contribution in [0.4, 0.5) is 13.2 Å². The average molecular weight is 329 g/mol. The summed E-state index contributed by atoms with van der Waals surface area (Å²) in [5, 5.41) is 10.1. The molecule has 1 unspecified atom stereocenters. The Hall–Kier alpha value is -1.07. The largest absolute Gasteiger partial charge is 0.415 e. The van der Waals surface area contributed by atoms with E-state index in [1.54, 1.807) is 12.1 Å². The molecule has 0 spiro atoms. The molecule has 23 heavy (non-hydrogen) atoms. The standard InChI is InChI=1S/C18H26F3NO/c1-13-5-7-14(8-6-13)17(15(23)18(19,20)21)9-11-22(12-10-17)16(2,3)4/h5-8,15,23H,9-12H2,1-4H3. The Morgan fingerprint density at radius 1 is 1.04 bits per heavy atom. The van der Waals surface area contributed by atoms with Crippen LogP contribution in [0.2, 0.25) is 0 Å². The molecule has 1 atom stereocenters. The van der Waals surface area contributed by atoms with Crippen molar-refractivity contribution in [1.29, 1.82) is 0 Å². The Bertz CT molecular complexity index is 523. The van der Waals surface area contributed by atoms with Crippen LogP contribution in [0, 0.1) is 6.92 Å². The van der Waals surface area contributed by atoms with Crippen molar-refractivity contribution >= 4 is 0 Å². The fraction of sp³-hybridized carbons (Fsp3) is 0.667. The molecule has 0 saturated carbocycles. The van der Waals surface area contributed by atoms with Crippen LogP contribution >= 0.6 is 0 Å². The van der Waals surface area contributed by atoms with E-state index in [0.29, 0.717) is 31.5 Å². The van der Waals surface area contributed by atoms with Crippen molar-refractivity contribution in [3.05, 3.63) is 35.4 Å². The van der Waals surface area contributed by atoms with Crippen molar-refractivity contribution in [2.75, 3.05) is 13.1 Å². The molecule has 1 aromatic carbocycles. The maximum absolute atomic E-state index is 13.3. The number of likely N-dealkylation sites (tertiary alicyclic amines) is 1. The van der Waals surface area contributed by atoms with Gasteiger partial charge in [0.05, 0.1) is 0 Å². The highest BCUT2D eigenvalue weighted by atomic mass is 19.4. The lowest BCUT2D eigenvalue weighted by atomic mass is 9.68. The van der Waals surface area contributed by atoms with Gasteiger partial charge in [0, 0.05) is 11.0 Å². The summed E-state index contributed by atoms with van der Waals surface area (Å²) in [6.07, 6.45) is -6.35. The van der Waals surface area contributed by atoms with Gasteiger partial charge in [-0.1, -0.05) is 29.8 Å². The minimum Gasteiger partial charge on any atom is -0.383 e. The van der Waals surface area contributed by atoms with Crippen LogP contribution in [-0.2, 0) is 5.41 Å². The molecule has 1 N–H and O–H groups in total. The first-order valence-corrected chi connectivity index (χ1v) is 8.04. The number of halogens is 3. The second kappa shape index (κ2) is 6.10. The molecule has 0 radical (unpaired) electrons. The van der Waals surface area contributed by atoms with Gasteiger partial charge in [0.1, 0.15) is 0 Å². The molecule has 0 bridgehead atoms. The Balaban J connectivity index is 2.37. The fourth-order valence-corrected chi connectivity index (χ4v) is 3.50. The summed E-state index contributed by atoms with van der Waals surface area (Å²) in [6.45, 7) is 9.18. The second-order valence-corrected chi connectivity index (χ2v) is 7.62. The van der Waals surface area contributed by atoms with E-state index in [1.165, 1.54) is 0 Å². The Morgan fingerprint density at radius 2 is 1.52 bits per heavy atom. The van der Waals surface area contributed by atoms with Gasteiger partial charge in [-0.05, 0) is 59.2 Å². The molecule has 2 rings (SSSR count). The number of benzene rings is 1. The SMILES string of the molecule is Cc1ccc(C2(C(O)C(F)(F)F)CCN(C(C)(C)C)CC2)cc1. The second-order valence-electron chi connectivity index (χ2n) is 7.62. The van der Waals surface area contributed by atoms with Crippen LogP contribution in [0.15, 0.2) is 24.3 Å². The lowest BCUT2D eigenvalue weighted by Crippen LogP contribution is -2.57. The van der Waals surface area contributed by atoms with E-state index in [4.69, 9.17) is 0 Å². The molecule has 5 heteroatoms. The predicted octanol–water partition coefficient (Wildman–Crippen LogP) is 4.05. The summed E-state index contributed by atoms with van der Waals surface area (Å²) in [4.78, 5) is 2.18. The van der Waals surface area contributed by atoms with Gasteiger partial charge in [0.2, 0.25) is 0 Å². The minimum atomic E-state index is -4.62. The van der Waals surface area contributed by atoms with E-state index in [9.17, 15) is 18.3 Å². The number of hydrogen-bond donors (Lipinski definition) is 1. The lowest BCUT2D eigenvalue weighted by Gasteiger charge is -2.49. The lowest BCUT2D eigenvalue weighted by molar-refractivity contribution is -0.231. The molecule has 1 heterocycles. The van der Waals surface area contributed by atoms with Crippen LogP contribution < -0.4 is 0 Å². The maximum atomic E-state index is 13.3. The Morgan fingerprint density at radius 3 is 1.91 bits per heavy atom. The number of rotatable bonds is 2. The normalized spacial score (nSPS) is 21.2. The van der Waals surface area contributed by atoms with Crippen LogP contribution in [0.1, 0.15) is 44.7 Å². The molecule has 2 nitrogen and oxygen atoms in total. The van der Waals surface area contributed by atoms with Gasteiger partial charge in [-0.3, -0.25) is 4.90 Å². The van der Waals surface area contributed by atoms with Crippen molar-refractivity contribution in [2.24, 2.45) is 0 Å². The van der Waals surface area contributed by atoms with Gasteiger partial charge in [-0.2, -0.15) is 13.2 Å². The zero-order chi connectivity index (χ0) is 17.5. The topological polar surface area (TPSA) is 23.5 Å². The van der Waals surface area contributed by atoms with Crippen LogP contribution in [0.3, 0.4) is 0 Å². The molecular formula is C18H26F3NO. The van der Waals surface area contributed by atoms with Crippen LogP contribution in [0.5, 0.6) is 0 Å². The van der Waals surface area contributed by atoms with Crippen molar-refractivity contribution in [2.45, 2.75) is 63.8 Å². The number of aryl methyl sites for hydroxylation is 1. The zero-order valence-electron chi connectivity index (χ0n) is 14.2. The third-order valence-electron chi connectivity index (χ3n) is 5.06. The minimum absolute atomic E-state index is 0.0807. The summed E-state index contributed by atoms with van der Waals surface area (Å²) in [6, 6.07) is 7.10. The van der Waals surface area contributed by atoms with E-state index >= 15 is 0 Å². The number of piperidine rings is 1. The number of aliphatic hydroxyl groups is 1. The van der Waals surface area contributed by atoms with Gasteiger partial charge < -0.3 is 5.11 Å². The molecule has 130 valence electrons. The molecular weight excluding hydrogens is 303 g/mol. The highest BCUT2D eigenvalue weighted by Crippen LogP contribution is 2.45. The molecule has 1 saturated heterocycles. The van der Waals surface area contributed by atoms with E-state index < -0.39 is 17.7 Å². The van der Waals surface area contributed by atoms with E-state index in [-0.39, 0.29) is 5.54 Å². The van der Waals surface area contributed by atoms with Gasteiger partial charge in [0.25, 0.3) is 0 Å². The smallest absolute Gasteiger partial charge is 0.383 e. The quantitative estimate of drug-likeness (QED) is 0.885. The average Bonchev–Trinajstić information content (AvgIpc) is 2.45. The summed E-state index contributed by atoms with van der Waals surface area (Å²) in [5.74, 6) is 0. The third-order valence-corrected chi connectivity index (χ3v) is 5.06. The van der Waals surface area contributed by atoms with E-state index in [2.05, 4.69) is 25.7 Å². The first-order valence-electron chi connectivity index (χ1n) is 8.04. The maximum Gasteiger partial charge on any atom is 0.415 e. The molecule has 0 aliphatic carbocycles. The molecule has 1 fully saturated rings. The summed E-state index contributed by atoms with van der Waals surface area (Å²) in [5.41, 5.74) is 0.245. The van der Waals surface area contributed by atoms with Crippen LogP contribution in [0.25, 0.3) is 0 Å². The highest BCUT2D eigenvalue weighted by Gasteiger charge is 2.54. The van der Waals surface area contributed by atoms with Crippen LogP contribution in [-0.4, -0.2) is 40.9 Å².